The van der Waals surface area contributed by atoms with E-state index in [-0.39, 0.29) is 56.8 Å². The number of carbonyl (C=O) groups excluding carboxylic acids is 3. The van der Waals surface area contributed by atoms with E-state index in [1.807, 2.05) is 0 Å². The lowest BCUT2D eigenvalue weighted by molar-refractivity contribution is -0.137. The molecule has 2 aromatic rings. The number of halogens is 3. The molecule has 2 amide bonds. The molecule has 0 radical (unpaired) electrons. The normalized spacial score (nSPS) is 13.4. The third kappa shape index (κ3) is 11.2. The lowest BCUT2D eigenvalue weighted by atomic mass is 9.96. The lowest BCUT2D eigenvalue weighted by Crippen LogP contribution is -2.51. The van der Waals surface area contributed by atoms with Crippen LogP contribution >= 0.6 is 0 Å². The van der Waals surface area contributed by atoms with E-state index >= 15 is 0 Å². The van der Waals surface area contributed by atoms with Crippen molar-refractivity contribution in [1.82, 2.24) is 14.5 Å². The van der Waals surface area contributed by atoms with E-state index in [1.165, 1.54) is 33.5 Å². The summed E-state index contributed by atoms with van der Waals surface area (Å²) in [5.41, 5.74) is 17.3. The number of hydrogen-bond donors (Lipinski definition) is 4. The van der Waals surface area contributed by atoms with Crippen LogP contribution < -0.4 is 22.5 Å². The number of sulfonamides is 1. The first-order valence-electron chi connectivity index (χ1n) is 14.7. The van der Waals surface area contributed by atoms with Gasteiger partial charge in [-0.2, -0.15) is 17.5 Å². The van der Waals surface area contributed by atoms with E-state index in [1.54, 1.807) is 26.0 Å². The van der Waals surface area contributed by atoms with Gasteiger partial charge in [0.05, 0.1) is 29.0 Å². The Morgan fingerprint density at radius 1 is 0.889 bits per heavy atom. The maximum absolute atomic E-state index is 13.4. The SMILES string of the molecule is CCN(CC)S(=O)(=O)c1ccc(CCC(=O)[C@H](Cc2ccc(C(F)(F)F)cc2)NC(=O)[C@@H](N)CC(=O)N(CCN)CCN)cc1. The van der Waals surface area contributed by atoms with E-state index in [2.05, 4.69) is 5.32 Å². The minimum absolute atomic E-state index is 0.0668. The molecule has 11 nitrogen and oxygen atoms in total. The second kappa shape index (κ2) is 17.4. The fourth-order valence-corrected chi connectivity index (χ4v) is 6.11. The fourth-order valence-electron chi connectivity index (χ4n) is 4.65. The lowest BCUT2D eigenvalue weighted by Gasteiger charge is -2.24. The summed E-state index contributed by atoms with van der Waals surface area (Å²) < 4.78 is 66.0. The Kier molecular flexibility index (Phi) is 14.6. The van der Waals surface area contributed by atoms with Gasteiger partial charge in [0.25, 0.3) is 0 Å². The molecule has 0 saturated heterocycles. The van der Waals surface area contributed by atoms with Crippen molar-refractivity contribution in [1.29, 1.82) is 0 Å². The maximum atomic E-state index is 13.4. The van der Waals surface area contributed by atoms with Gasteiger partial charge in [-0.05, 0) is 48.2 Å². The van der Waals surface area contributed by atoms with E-state index in [9.17, 15) is 36.0 Å². The molecule has 0 aliphatic carbocycles. The number of aryl methyl sites for hydroxylation is 1. The van der Waals surface area contributed by atoms with Crippen molar-refractivity contribution in [3.63, 3.8) is 0 Å². The molecule has 0 aliphatic heterocycles. The van der Waals surface area contributed by atoms with Crippen LogP contribution in [0, 0.1) is 0 Å². The zero-order valence-corrected chi connectivity index (χ0v) is 26.4. The number of alkyl halides is 3. The van der Waals surface area contributed by atoms with Gasteiger partial charge < -0.3 is 27.4 Å². The van der Waals surface area contributed by atoms with E-state index in [0.29, 0.717) is 24.2 Å². The highest BCUT2D eigenvalue weighted by molar-refractivity contribution is 7.89. The Morgan fingerprint density at radius 3 is 1.91 bits per heavy atom. The summed E-state index contributed by atoms with van der Waals surface area (Å²) in [5.74, 6) is -1.64. The van der Waals surface area contributed by atoms with Crippen molar-refractivity contribution in [2.75, 3.05) is 39.3 Å². The fraction of sp³-hybridized carbons (Fsp3) is 0.500. The van der Waals surface area contributed by atoms with Gasteiger partial charge in [-0.1, -0.05) is 38.1 Å². The first-order valence-corrected chi connectivity index (χ1v) is 16.1. The number of hydrogen-bond acceptors (Lipinski definition) is 8. The van der Waals surface area contributed by atoms with Gasteiger partial charge in [0, 0.05) is 45.7 Å². The van der Waals surface area contributed by atoms with Gasteiger partial charge in [0.1, 0.15) is 0 Å². The van der Waals surface area contributed by atoms with E-state index in [4.69, 9.17) is 17.2 Å². The Balaban J connectivity index is 2.20. The molecular weight excluding hydrogens is 613 g/mol. The molecule has 45 heavy (non-hydrogen) atoms. The minimum atomic E-state index is -4.54. The first kappa shape index (κ1) is 37.8. The van der Waals surface area contributed by atoms with Gasteiger partial charge in [-0.25, -0.2) is 8.42 Å². The molecule has 7 N–H and O–H groups in total. The van der Waals surface area contributed by atoms with Crippen molar-refractivity contribution >= 4 is 27.6 Å². The Morgan fingerprint density at radius 2 is 1.42 bits per heavy atom. The van der Waals surface area contributed by atoms with Crippen molar-refractivity contribution in [3.8, 4) is 0 Å². The van der Waals surface area contributed by atoms with Crippen molar-refractivity contribution < 1.29 is 36.0 Å². The molecule has 0 aromatic heterocycles. The van der Waals surface area contributed by atoms with Crippen LogP contribution in [0.2, 0.25) is 0 Å². The number of nitrogens with one attached hydrogen (secondary N) is 1. The summed E-state index contributed by atoms with van der Waals surface area (Å²) in [7, 11) is -3.65. The molecule has 250 valence electrons. The molecule has 0 bridgehead atoms. The Bertz CT molecular complexity index is 1360. The Labute approximate surface area is 262 Å². The van der Waals surface area contributed by atoms with Crippen LogP contribution in [-0.2, 0) is 43.4 Å². The molecule has 0 unspecified atom stereocenters. The second-order valence-corrected chi connectivity index (χ2v) is 12.4. The van der Waals surface area contributed by atoms with Crippen LogP contribution in [0.4, 0.5) is 13.2 Å². The number of rotatable bonds is 18. The van der Waals surface area contributed by atoms with Gasteiger partial charge in [-0.15, -0.1) is 0 Å². The predicted octanol–water partition coefficient (Wildman–Crippen LogP) is 1.43. The molecule has 2 rings (SSSR count). The van der Waals surface area contributed by atoms with Crippen molar-refractivity contribution in [2.45, 2.75) is 62.7 Å². The number of Topliss-reactive ketones (excluding diaryl/α,β-unsaturated/α-hetero) is 1. The molecule has 15 heteroatoms. The topological polar surface area (TPSA) is 182 Å². The number of nitrogens with zero attached hydrogens (tertiary/aromatic N) is 2. The molecule has 0 saturated carbocycles. The van der Waals surface area contributed by atoms with Crippen molar-refractivity contribution in [3.05, 3.63) is 65.2 Å². The van der Waals surface area contributed by atoms with Crippen molar-refractivity contribution in [2.24, 2.45) is 17.2 Å². The molecule has 0 fully saturated rings. The monoisotopic (exact) mass is 656 g/mol. The summed E-state index contributed by atoms with van der Waals surface area (Å²) >= 11 is 0. The van der Waals surface area contributed by atoms with Crippen LogP contribution in [0.25, 0.3) is 0 Å². The summed E-state index contributed by atoms with van der Waals surface area (Å²) in [5, 5.41) is 2.57. The summed E-state index contributed by atoms with van der Waals surface area (Å²) in [6.45, 7) is 4.94. The first-order chi connectivity index (χ1) is 21.2. The quantitative estimate of drug-likeness (QED) is 0.186. The average molecular weight is 657 g/mol. The number of carbonyl (C=O) groups is 3. The van der Waals surface area contributed by atoms with Crippen LogP contribution in [0.1, 0.15) is 43.4 Å². The number of ketones is 1. The van der Waals surface area contributed by atoms with Gasteiger partial charge in [-0.3, -0.25) is 14.4 Å². The minimum Gasteiger partial charge on any atom is -0.345 e. The molecule has 0 spiro atoms. The number of nitrogens with two attached hydrogens (primary N) is 3. The number of amides is 2. The highest BCUT2D eigenvalue weighted by Gasteiger charge is 2.31. The number of benzene rings is 2. The highest BCUT2D eigenvalue weighted by atomic mass is 32.2. The summed E-state index contributed by atoms with van der Waals surface area (Å²) in [6.07, 6.45) is -4.87. The average Bonchev–Trinajstić information content (AvgIpc) is 2.99. The third-order valence-corrected chi connectivity index (χ3v) is 9.30. The second-order valence-electron chi connectivity index (χ2n) is 10.4. The summed E-state index contributed by atoms with van der Waals surface area (Å²) in [6, 6.07) is 7.90. The van der Waals surface area contributed by atoms with Crippen LogP contribution in [0.3, 0.4) is 0 Å². The molecule has 2 aromatic carbocycles. The maximum Gasteiger partial charge on any atom is 0.416 e. The Hall–Kier alpha value is -3.37. The third-order valence-electron chi connectivity index (χ3n) is 7.23. The largest absolute Gasteiger partial charge is 0.416 e. The zero-order valence-electron chi connectivity index (χ0n) is 25.6. The van der Waals surface area contributed by atoms with Crippen LogP contribution in [0.15, 0.2) is 53.4 Å². The summed E-state index contributed by atoms with van der Waals surface area (Å²) in [4.78, 5) is 40.5. The van der Waals surface area contributed by atoms with E-state index < -0.39 is 51.4 Å². The molecule has 0 aliphatic rings. The van der Waals surface area contributed by atoms with Gasteiger partial charge >= 0.3 is 6.18 Å². The smallest absolute Gasteiger partial charge is 0.345 e. The van der Waals surface area contributed by atoms with E-state index in [0.717, 1.165) is 12.1 Å². The standard InChI is InChI=1S/C30H43F3N6O5S/c1-3-39(4-2)45(43,44)24-12-7-21(8-13-24)9-14-27(40)26(19-22-5-10-23(11-6-22)30(31,32)33)37-29(42)25(36)20-28(41)38(17-15-34)18-16-35/h5-8,10-13,25-26H,3-4,9,14-20,34-36H2,1-2H3,(H,37,42)/t25-,26-/m0/s1. The zero-order chi connectivity index (χ0) is 33.8. The van der Waals surface area contributed by atoms with Gasteiger partial charge in [0.15, 0.2) is 5.78 Å². The molecular formula is C30H43F3N6O5S. The molecule has 2 atom stereocenters. The molecule has 0 heterocycles. The van der Waals surface area contributed by atoms with Crippen LogP contribution in [-0.4, -0.2) is 86.6 Å². The van der Waals surface area contributed by atoms with Gasteiger partial charge in [0.2, 0.25) is 21.8 Å². The van der Waals surface area contributed by atoms with Crippen LogP contribution in [0.5, 0.6) is 0 Å². The predicted molar refractivity (Wildman–Crippen MR) is 164 cm³/mol. The highest BCUT2D eigenvalue weighted by Crippen LogP contribution is 2.29.